The molecule has 0 fully saturated rings. The summed E-state index contributed by atoms with van der Waals surface area (Å²) < 4.78 is 13.8. The minimum Gasteiger partial charge on any atom is -0.455 e. The number of hydrogen-bond acceptors (Lipinski definition) is 2. The highest BCUT2D eigenvalue weighted by Crippen LogP contribution is 2.63. The topological polar surface area (TPSA) is 26.3 Å². The Morgan fingerprint density at radius 3 is 1.48 bits per heavy atom. The van der Waals surface area contributed by atoms with E-state index >= 15 is 0 Å². The van der Waals surface area contributed by atoms with Gasteiger partial charge < -0.3 is 8.83 Å². The van der Waals surface area contributed by atoms with Crippen LogP contribution in [0.25, 0.3) is 111 Å². The first-order valence-electron chi connectivity index (χ1n) is 20.2. The second-order valence-corrected chi connectivity index (χ2v) is 17.3. The Morgan fingerprint density at radius 2 is 0.931 bits per heavy atom. The van der Waals surface area contributed by atoms with Crippen molar-refractivity contribution in [2.45, 2.75) is 38.5 Å². The van der Waals surface area contributed by atoms with E-state index in [4.69, 9.17) is 8.83 Å². The van der Waals surface area contributed by atoms with Gasteiger partial charge in [0.25, 0.3) is 0 Å². The highest BCUT2D eigenvalue weighted by molar-refractivity contribution is 6.21. The molecule has 0 aliphatic heterocycles. The molecular formula is C56H40O2. The molecule has 0 N–H and O–H groups in total. The predicted molar refractivity (Wildman–Crippen MR) is 245 cm³/mol. The zero-order chi connectivity index (χ0) is 39.2. The van der Waals surface area contributed by atoms with Gasteiger partial charge in [0.05, 0.1) is 0 Å². The van der Waals surface area contributed by atoms with Crippen molar-refractivity contribution in [2.75, 3.05) is 0 Å². The van der Waals surface area contributed by atoms with Crippen LogP contribution in [0.5, 0.6) is 0 Å². The maximum absolute atomic E-state index is 6.89. The predicted octanol–water partition coefficient (Wildman–Crippen LogP) is 15.9. The van der Waals surface area contributed by atoms with Crippen LogP contribution in [0, 0.1) is 0 Å². The van der Waals surface area contributed by atoms with E-state index in [0.717, 1.165) is 66.5 Å². The Bertz CT molecular complexity index is 3490. The standard InChI is InChI=1S/C56H40O2/c1-7-31-21-23-35(27-32(31)8-2)41-29-43-47(49-37-17-11-13-19-45(37)57-53(41)49)39-25-26-40-48-44(56(5,6)52(40)51(39)55(43,3)4)30-42(36-24-22-33-15-9-10-16-34(33)28-36)54-50(48)38-18-12-14-20-46(38)58-54/h7-30H,1-2H2,3-6H3. The fraction of sp³-hybridized carbons (Fsp3) is 0.107. The first-order chi connectivity index (χ1) is 28.2. The van der Waals surface area contributed by atoms with Crippen LogP contribution in [0.4, 0.5) is 0 Å². The highest BCUT2D eigenvalue weighted by atomic mass is 16.3. The van der Waals surface area contributed by atoms with E-state index in [2.05, 4.69) is 174 Å². The van der Waals surface area contributed by atoms with Gasteiger partial charge in [0, 0.05) is 43.5 Å². The average molecular weight is 745 g/mol. The molecule has 2 heterocycles. The van der Waals surface area contributed by atoms with Crippen LogP contribution in [0.2, 0.25) is 0 Å². The molecule has 0 unspecified atom stereocenters. The van der Waals surface area contributed by atoms with E-state index in [1.807, 2.05) is 12.2 Å². The lowest BCUT2D eigenvalue weighted by Gasteiger charge is -2.31. The molecule has 2 aromatic heterocycles. The monoisotopic (exact) mass is 744 g/mol. The van der Waals surface area contributed by atoms with Crippen LogP contribution in [-0.2, 0) is 10.8 Å². The van der Waals surface area contributed by atoms with Crippen molar-refractivity contribution in [2.24, 2.45) is 0 Å². The van der Waals surface area contributed by atoms with Crippen molar-refractivity contribution < 1.29 is 8.83 Å². The molecule has 0 saturated heterocycles. The maximum Gasteiger partial charge on any atom is 0.143 e. The molecule has 2 heteroatoms. The molecule has 2 aliphatic rings. The summed E-state index contributed by atoms with van der Waals surface area (Å²) in [5.41, 5.74) is 20.3. The van der Waals surface area contributed by atoms with Crippen LogP contribution < -0.4 is 0 Å². The molecule has 2 aliphatic carbocycles. The van der Waals surface area contributed by atoms with Crippen LogP contribution in [0.1, 0.15) is 61.1 Å². The second-order valence-electron chi connectivity index (χ2n) is 17.3. The van der Waals surface area contributed by atoms with Gasteiger partial charge >= 0.3 is 0 Å². The van der Waals surface area contributed by atoms with E-state index in [1.54, 1.807) is 0 Å². The van der Waals surface area contributed by atoms with E-state index in [-0.39, 0.29) is 10.8 Å². The first kappa shape index (κ1) is 33.3. The Hall–Kier alpha value is -6.90. The largest absolute Gasteiger partial charge is 0.455 e. The molecule has 0 atom stereocenters. The average Bonchev–Trinajstić information content (AvgIpc) is 3.95. The van der Waals surface area contributed by atoms with Crippen molar-refractivity contribution in [3.05, 3.63) is 180 Å². The molecule has 0 saturated carbocycles. The molecule has 8 aromatic carbocycles. The summed E-state index contributed by atoms with van der Waals surface area (Å²) in [6.07, 6.45) is 3.81. The zero-order valence-corrected chi connectivity index (χ0v) is 33.1. The van der Waals surface area contributed by atoms with Gasteiger partial charge in [-0.1, -0.05) is 150 Å². The molecule has 0 radical (unpaired) electrons. The number of furan rings is 2. The van der Waals surface area contributed by atoms with Crippen molar-refractivity contribution in [3.63, 3.8) is 0 Å². The van der Waals surface area contributed by atoms with Crippen molar-refractivity contribution >= 4 is 66.8 Å². The molecule has 12 rings (SSSR count). The number of para-hydroxylation sites is 2. The van der Waals surface area contributed by atoms with E-state index in [1.165, 1.54) is 66.1 Å². The number of hydrogen-bond donors (Lipinski definition) is 0. The van der Waals surface area contributed by atoms with Gasteiger partial charge in [-0.3, -0.25) is 0 Å². The second kappa shape index (κ2) is 11.4. The molecule has 2 nitrogen and oxygen atoms in total. The number of benzene rings is 8. The van der Waals surface area contributed by atoms with Gasteiger partial charge in [-0.05, 0) is 114 Å². The Kier molecular flexibility index (Phi) is 6.52. The van der Waals surface area contributed by atoms with Gasteiger partial charge in [0.2, 0.25) is 0 Å². The van der Waals surface area contributed by atoms with Gasteiger partial charge in [-0.15, -0.1) is 0 Å². The maximum atomic E-state index is 6.89. The Labute approximate surface area is 337 Å². The van der Waals surface area contributed by atoms with Crippen molar-refractivity contribution in [3.8, 4) is 44.5 Å². The summed E-state index contributed by atoms with van der Waals surface area (Å²) in [6.45, 7) is 17.9. The summed E-state index contributed by atoms with van der Waals surface area (Å²) in [6, 6.07) is 48.7. The quantitative estimate of drug-likeness (QED) is 0.179. The van der Waals surface area contributed by atoms with E-state index in [9.17, 15) is 0 Å². The summed E-state index contributed by atoms with van der Waals surface area (Å²) in [7, 11) is 0. The third-order valence-corrected chi connectivity index (χ3v) is 13.5. The fourth-order valence-corrected chi connectivity index (χ4v) is 10.8. The van der Waals surface area contributed by atoms with Crippen LogP contribution in [0.15, 0.2) is 155 Å². The fourth-order valence-electron chi connectivity index (χ4n) is 10.8. The summed E-state index contributed by atoms with van der Waals surface area (Å²) in [5, 5.41) is 7.12. The molecule has 276 valence electrons. The lowest BCUT2D eigenvalue weighted by atomic mass is 9.72. The summed E-state index contributed by atoms with van der Waals surface area (Å²) in [5.74, 6) is 0. The molecule has 0 bridgehead atoms. The molecule has 10 aromatic rings. The lowest BCUT2D eigenvalue weighted by Crippen LogP contribution is -2.24. The minimum absolute atomic E-state index is 0.312. The van der Waals surface area contributed by atoms with Crippen molar-refractivity contribution in [1.82, 2.24) is 0 Å². The number of fused-ring (bicyclic) bond motifs is 16. The molecular weight excluding hydrogens is 705 g/mol. The smallest absolute Gasteiger partial charge is 0.143 e. The van der Waals surface area contributed by atoms with E-state index in [0.29, 0.717) is 0 Å². The highest BCUT2D eigenvalue weighted by Gasteiger charge is 2.48. The minimum atomic E-state index is -0.322. The third-order valence-electron chi connectivity index (χ3n) is 13.5. The molecule has 0 spiro atoms. The van der Waals surface area contributed by atoms with Crippen molar-refractivity contribution in [1.29, 1.82) is 0 Å². The molecule has 58 heavy (non-hydrogen) atoms. The van der Waals surface area contributed by atoms with Gasteiger partial charge in [0.15, 0.2) is 0 Å². The Balaban J connectivity index is 1.16. The summed E-state index contributed by atoms with van der Waals surface area (Å²) >= 11 is 0. The van der Waals surface area contributed by atoms with Crippen LogP contribution in [0.3, 0.4) is 0 Å². The van der Waals surface area contributed by atoms with Gasteiger partial charge in [0.1, 0.15) is 22.3 Å². The Morgan fingerprint density at radius 1 is 0.448 bits per heavy atom. The van der Waals surface area contributed by atoms with Gasteiger partial charge in [-0.2, -0.15) is 0 Å². The van der Waals surface area contributed by atoms with E-state index < -0.39 is 0 Å². The zero-order valence-electron chi connectivity index (χ0n) is 33.1. The first-order valence-corrected chi connectivity index (χ1v) is 20.2. The van der Waals surface area contributed by atoms with Gasteiger partial charge in [-0.25, -0.2) is 0 Å². The number of rotatable bonds is 4. The van der Waals surface area contributed by atoms with Crippen LogP contribution in [-0.4, -0.2) is 0 Å². The summed E-state index contributed by atoms with van der Waals surface area (Å²) in [4.78, 5) is 0. The third kappa shape index (κ3) is 4.17. The normalized spacial score (nSPS) is 14.6. The lowest BCUT2D eigenvalue weighted by molar-refractivity contribution is 0.601. The van der Waals surface area contributed by atoms with Crippen LogP contribution >= 0.6 is 0 Å². The molecule has 0 amide bonds. The SMILES string of the molecule is C=Cc1ccc(-c2cc3c(c4c2oc2ccccc24)-c2ccc4c(c2C3(C)C)C(C)(C)c2cc(-c3ccc5ccccc5c3)c3oc5ccccc5c3c2-4)cc1C=C.